The van der Waals surface area contributed by atoms with Gasteiger partial charge < -0.3 is 15.8 Å². The molecule has 44 heavy (non-hydrogen) atoms. The third-order valence-corrected chi connectivity index (χ3v) is 7.05. The van der Waals surface area contributed by atoms with Crippen LogP contribution in [0.3, 0.4) is 0 Å². The second-order valence-corrected chi connectivity index (χ2v) is 9.86. The zero-order valence-electron chi connectivity index (χ0n) is 23.6. The molecule has 214 valence electrons. The monoisotopic (exact) mass is 579 g/mol. The molecule has 0 aliphatic heterocycles. The Labute approximate surface area is 252 Å². The van der Waals surface area contributed by atoms with Crippen LogP contribution in [-0.2, 0) is 11.3 Å². The van der Waals surface area contributed by atoms with Gasteiger partial charge in [-0.05, 0) is 60.2 Å². The van der Waals surface area contributed by atoms with Crippen molar-refractivity contribution in [2.24, 2.45) is 0 Å². The lowest BCUT2D eigenvalue weighted by Gasteiger charge is -2.12. The van der Waals surface area contributed by atoms with Crippen molar-refractivity contribution in [2.75, 3.05) is 12.8 Å². The highest BCUT2D eigenvalue weighted by atomic mass is 16.5. The summed E-state index contributed by atoms with van der Waals surface area (Å²) in [6.07, 6.45) is 1.63. The molecule has 0 atom stereocenters. The Kier molecular flexibility index (Phi) is 7.50. The van der Waals surface area contributed by atoms with Crippen molar-refractivity contribution in [3.05, 3.63) is 126 Å². The van der Waals surface area contributed by atoms with E-state index < -0.39 is 11.9 Å². The number of carbonyl (C=O) groups excluding carboxylic acids is 2. The largest absolute Gasteiger partial charge is 0.465 e. The van der Waals surface area contributed by atoms with Gasteiger partial charge in [-0.2, -0.15) is 5.26 Å². The number of nitrogens with zero attached hydrogens (tertiary/aromatic N) is 5. The number of pyridine rings is 2. The summed E-state index contributed by atoms with van der Waals surface area (Å²) < 4.78 is 6.68. The Hall–Kier alpha value is -6.34. The van der Waals surface area contributed by atoms with Gasteiger partial charge in [0.15, 0.2) is 11.5 Å². The van der Waals surface area contributed by atoms with Crippen molar-refractivity contribution < 1.29 is 14.3 Å². The second kappa shape index (κ2) is 11.9. The van der Waals surface area contributed by atoms with E-state index in [1.54, 1.807) is 6.20 Å². The van der Waals surface area contributed by atoms with Gasteiger partial charge in [0.05, 0.1) is 35.6 Å². The molecule has 6 rings (SSSR count). The van der Waals surface area contributed by atoms with E-state index in [9.17, 15) is 14.9 Å². The molecule has 0 fully saturated rings. The molecule has 10 nitrogen and oxygen atoms in total. The molecule has 3 aromatic heterocycles. The summed E-state index contributed by atoms with van der Waals surface area (Å²) in [6.45, 7) is 0.215. The maximum atomic E-state index is 12.9. The number of imidazole rings is 1. The van der Waals surface area contributed by atoms with Gasteiger partial charge in [0.25, 0.3) is 5.91 Å². The van der Waals surface area contributed by atoms with E-state index in [0.717, 1.165) is 22.5 Å². The number of nitrogen functional groups attached to an aromatic ring is 1. The highest BCUT2D eigenvalue weighted by molar-refractivity contribution is 5.98. The summed E-state index contributed by atoms with van der Waals surface area (Å²) in [7, 11) is 1.24. The first kappa shape index (κ1) is 27.8. The van der Waals surface area contributed by atoms with Crippen LogP contribution in [0.1, 0.15) is 31.8 Å². The Morgan fingerprint density at radius 2 is 1.70 bits per heavy atom. The number of hydrogen-bond donors (Lipinski definition) is 2. The van der Waals surface area contributed by atoms with E-state index in [-0.39, 0.29) is 23.2 Å². The normalized spacial score (nSPS) is 10.7. The molecule has 0 aliphatic carbocycles. The van der Waals surface area contributed by atoms with Gasteiger partial charge in [-0.15, -0.1) is 0 Å². The minimum Gasteiger partial charge on any atom is -0.465 e. The summed E-state index contributed by atoms with van der Waals surface area (Å²) >= 11 is 0. The maximum Gasteiger partial charge on any atom is 0.337 e. The quantitative estimate of drug-likeness (QED) is 0.241. The fraction of sp³-hybridized carbons (Fsp3) is 0.0588. The van der Waals surface area contributed by atoms with Crippen LogP contribution < -0.4 is 11.1 Å². The highest BCUT2D eigenvalue weighted by Crippen LogP contribution is 2.31. The number of rotatable bonds is 7. The van der Waals surface area contributed by atoms with Crippen LogP contribution in [0, 0.1) is 11.3 Å². The van der Waals surface area contributed by atoms with Crippen LogP contribution in [0.5, 0.6) is 0 Å². The van der Waals surface area contributed by atoms with Crippen molar-refractivity contribution in [1.29, 1.82) is 5.26 Å². The Morgan fingerprint density at radius 3 is 2.43 bits per heavy atom. The Bertz CT molecular complexity index is 2060. The number of nitrogens with two attached hydrogens (primary N) is 1. The third kappa shape index (κ3) is 5.45. The molecule has 0 aliphatic rings. The van der Waals surface area contributed by atoms with Crippen LogP contribution in [0.25, 0.3) is 39.5 Å². The third-order valence-electron chi connectivity index (χ3n) is 7.05. The molecule has 3 N–H and O–H groups in total. The van der Waals surface area contributed by atoms with E-state index >= 15 is 0 Å². The number of nitriles is 1. The van der Waals surface area contributed by atoms with Gasteiger partial charge in [0, 0.05) is 29.6 Å². The van der Waals surface area contributed by atoms with E-state index in [1.165, 1.54) is 25.3 Å². The number of methoxy groups -OCH3 is 1. The Morgan fingerprint density at radius 1 is 0.932 bits per heavy atom. The second-order valence-electron chi connectivity index (χ2n) is 9.86. The minimum absolute atomic E-state index is 0.127. The van der Waals surface area contributed by atoms with E-state index in [0.29, 0.717) is 28.4 Å². The molecule has 10 heteroatoms. The topological polar surface area (TPSA) is 149 Å². The number of aromatic nitrogens is 4. The minimum atomic E-state index is -0.628. The van der Waals surface area contributed by atoms with Crippen LogP contribution in [0.15, 0.2) is 103 Å². The molecule has 0 saturated carbocycles. The molecule has 1 amide bonds. The Balaban J connectivity index is 1.33. The van der Waals surface area contributed by atoms with Crippen molar-refractivity contribution in [2.45, 2.75) is 6.54 Å². The standard InChI is InChI=1S/C34H25N7O3/c1-44-34(43)25-17-22(19-35)16-24(18-25)33(42)38-20-21-9-11-26(12-10-21)41-31(27-8-5-15-37-30(27)36)40-29-14-13-28(39-32(29)41)23-6-3-2-4-7-23/h2-18H,20H2,1H3,(H2,36,37)(H,38,42). The highest BCUT2D eigenvalue weighted by Gasteiger charge is 2.19. The lowest BCUT2D eigenvalue weighted by Crippen LogP contribution is -2.23. The number of nitrogens with one attached hydrogen (secondary N) is 1. The van der Waals surface area contributed by atoms with E-state index in [1.807, 2.05) is 89.5 Å². The maximum absolute atomic E-state index is 12.9. The molecule has 6 aromatic rings. The first-order valence-electron chi connectivity index (χ1n) is 13.6. The summed E-state index contributed by atoms with van der Waals surface area (Å²) in [5, 5.41) is 12.2. The van der Waals surface area contributed by atoms with Gasteiger partial charge in [-0.25, -0.2) is 19.7 Å². The van der Waals surface area contributed by atoms with Gasteiger partial charge in [-0.3, -0.25) is 9.36 Å². The summed E-state index contributed by atoms with van der Waals surface area (Å²) in [6, 6.07) is 31.3. The average Bonchev–Trinajstić information content (AvgIpc) is 3.46. The predicted octanol–water partition coefficient (Wildman–Crippen LogP) is 5.32. The number of carbonyl (C=O) groups is 2. The lowest BCUT2D eigenvalue weighted by atomic mass is 10.1. The van der Waals surface area contributed by atoms with Crippen LogP contribution >= 0.6 is 0 Å². The summed E-state index contributed by atoms with van der Waals surface area (Å²) in [5.74, 6) is -0.105. The molecule has 0 unspecified atom stereocenters. The van der Waals surface area contributed by atoms with Gasteiger partial charge >= 0.3 is 5.97 Å². The molecule has 0 saturated heterocycles. The van der Waals surface area contributed by atoms with Crippen molar-refractivity contribution in [1.82, 2.24) is 24.8 Å². The smallest absolute Gasteiger partial charge is 0.337 e. The number of anilines is 1. The summed E-state index contributed by atoms with van der Waals surface area (Å²) in [4.78, 5) is 39.0. The van der Waals surface area contributed by atoms with Crippen molar-refractivity contribution >= 4 is 28.9 Å². The van der Waals surface area contributed by atoms with Gasteiger partial charge in [-0.1, -0.05) is 42.5 Å². The van der Waals surface area contributed by atoms with E-state index in [2.05, 4.69) is 10.3 Å². The fourth-order valence-electron chi connectivity index (χ4n) is 4.87. The van der Waals surface area contributed by atoms with Crippen LogP contribution in [-0.4, -0.2) is 38.5 Å². The SMILES string of the molecule is COC(=O)c1cc(C#N)cc(C(=O)NCc2ccc(-n3c(-c4cccnc4N)nc4ccc(-c5ccccc5)nc43)cc2)c1. The number of hydrogen-bond acceptors (Lipinski definition) is 8. The number of fused-ring (bicyclic) bond motifs is 1. The van der Waals surface area contributed by atoms with Crippen LogP contribution in [0.2, 0.25) is 0 Å². The molecule has 0 bridgehead atoms. The zero-order chi connectivity index (χ0) is 30.6. The number of amides is 1. The number of ether oxygens (including phenoxy) is 1. The van der Waals surface area contributed by atoms with Crippen molar-refractivity contribution in [3.63, 3.8) is 0 Å². The van der Waals surface area contributed by atoms with Gasteiger partial charge in [0.1, 0.15) is 11.3 Å². The number of benzene rings is 3. The van der Waals surface area contributed by atoms with E-state index in [4.69, 9.17) is 20.4 Å². The predicted molar refractivity (Wildman–Crippen MR) is 166 cm³/mol. The average molecular weight is 580 g/mol. The lowest BCUT2D eigenvalue weighted by molar-refractivity contribution is 0.0600. The molecular weight excluding hydrogens is 554 g/mol. The molecule has 0 spiro atoms. The summed E-state index contributed by atoms with van der Waals surface area (Å²) in [5.41, 5.74) is 12.2. The number of esters is 1. The first-order chi connectivity index (χ1) is 21.4. The van der Waals surface area contributed by atoms with Gasteiger partial charge in [0.2, 0.25) is 0 Å². The van der Waals surface area contributed by atoms with Crippen LogP contribution in [0.4, 0.5) is 5.82 Å². The zero-order valence-corrected chi connectivity index (χ0v) is 23.6. The van der Waals surface area contributed by atoms with Crippen molar-refractivity contribution in [3.8, 4) is 34.4 Å². The fourth-order valence-corrected chi connectivity index (χ4v) is 4.87. The molecule has 0 radical (unpaired) electrons. The molecule has 3 aromatic carbocycles. The first-order valence-corrected chi connectivity index (χ1v) is 13.6. The molecule has 3 heterocycles. The molecular formula is C34H25N7O3.